The van der Waals surface area contributed by atoms with Gasteiger partial charge in [-0.05, 0) is 6.92 Å². The molecule has 124 valence electrons. The number of nitrogens with zero attached hydrogens (tertiary/aromatic N) is 1. The smallest absolute Gasteiger partial charge is 0.319 e. The average Bonchev–Trinajstić information content (AvgIpc) is 2.77. The minimum Gasteiger partial charge on any atom is -0.376 e. The van der Waals surface area contributed by atoms with E-state index >= 15 is 0 Å². The molecule has 0 unspecified atom stereocenters. The highest BCUT2D eigenvalue weighted by molar-refractivity contribution is 6.19. The molecule has 2 amide bonds. The first-order chi connectivity index (χ1) is 10.4. The molecular weight excluding hydrogens is 292 g/mol. The number of hydrogen-bond acceptors (Lipinski definition) is 7. The standard InChI is InChI=1S/C13H22N4O5/c1-12(6-14,7-15-21)16-11(20)17-4-5-22-8-13(17)9(18)2-3-10(13)19/h15,21H,2-8,14H2,1H3,(H,16,20)/t12-/m1/s1. The summed E-state index contributed by atoms with van der Waals surface area (Å²) in [5.74, 6) is -0.579. The van der Waals surface area contributed by atoms with Crippen molar-refractivity contribution < 1.29 is 24.3 Å². The molecule has 0 radical (unpaired) electrons. The van der Waals surface area contributed by atoms with Crippen LogP contribution in [-0.2, 0) is 14.3 Å². The molecule has 2 rings (SSSR count). The van der Waals surface area contributed by atoms with Gasteiger partial charge in [0.05, 0.1) is 18.8 Å². The zero-order chi connectivity index (χ0) is 16.4. The lowest BCUT2D eigenvalue weighted by Crippen LogP contribution is -2.69. The Morgan fingerprint density at radius 1 is 1.45 bits per heavy atom. The Labute approximate surface area is 128 Å². The highest BCUT2D eigenvalue weighted by Crippen LogP contribution is 2.32. The fourth-order valence-electron chi connectivity index (χ4n) is 2.85. The van der Waals surface area contributed by atoms with Crippen LogP contribution in [-0.4, -0.2) is 71.6 Å². The molecule has 0 aromatic carbocycles. The molecule has 1 saturated heterocycles. The van der Waals surface area contributed by atoms with Gasteiger partial charge in [0, 0.05) is 32.5 Å². The third-order valence-electron chi connectivity index (χ3n) is 4.31. The van der Waals surface area contributed by atoms with Crippen molar-refractivity contribution in [3.05, 3.63) is 0 Å². The quantitative estimate of drug-likeness (QED) is 0.362. The molecule has 2 aliphatic rings. The van der Waals surface area contributed by atoms with E-state index in [-0.39, 0.29) is 57.3 Å². The molecule has 0 aromatic heterocycles. The summed E-state index contributed by atoms with van der Waals surface area (Å²) in [6.45, 7) is 2.07. The Morgan fingerprint density at radius 2 is 2.09 bits per heavy atom. The van der Waals surface area contributed by atoms with Gasteiger partial charge in [-0.3, -0.25) is 9.59 Å². The van der Waals surface area contributed by atoms with Crippen LogP contribution >= 0.6 is 0 Å². The summed E-state index contributed by atoms with van der Waals surface area (Å²) in [6.07, 6.45) is 0.247. The van der Waals surface area contributed by atoms with Gasteiger partial charge < -0.3 is 25.9 Å². The van der Waals surface area contributed by atoms with E-state index in [0.717, 1.165) is 0 Å². The van der Waals surface area contributed by atoms with Crippen LogP contribution in [0.15, 0.2) is 0 Å². The number of Topliss-reactive ketones (excluding diaryl/α,β-unsaturated/α-hetero) is 2. The van der Waals surface area contributed by atoms with Crippen LogP contribution in [0.3, 0.4) is 0 Å². The van der Waals surface area contributed by atoms with Crippen LogP contribution in [0, 0.1) is 0 Å². The number of rotatable bonds is 4. The number of hydrogen-bond donors (Lipinski definition) is 4. The maximum Gasteiger partial charge on any atom is 0.319 e. The van der Waals surface area contributed by atoms with Crippen molar-refractivity contribution in [3.8, 4) is 0 Å². The largest absolute Gasteiger partial charge is 0.376 e. The van der Waals surface area contributed by atoms with Crippen molar-refractivity contribution in [2.24, 2.45) is 5.73 Å². The molecule has 9 nitrogen and oxygen atoms in total. The van der Waals surface area contributed by atoms with Crippen molar-refractivity contribution in [2.45, 2.75) is 30.8 Å². The predicted octanol–water partition coefficient (Wildman–Crippen LogP) is -1.60. The fourth-order valence-corrected chi connectivity index (χ4v) is 2.85. The maximum atomic E-state index is 12.6. The Balaban J connectivity index is 2.23. The molecule has 2 fully saturated rings. The van der Waals surface area contributed by atoms with Crippen LogP contribution < -0.4 is 16.5 Å². The summed E-state index contributed by atoms with van der Waals surface area (Å²) in [4.78, 5) is 38.3. The first kappa shape index (κ1) is 16.8. The summed E-state index contributed by atoms with van der Waals surface area (Å²) >= 11 is 0. The van der Waals surface area contributed by atoms with Crippen molar-refractivity contribution in [3.63, 3.8) is 0 Å². The second-order valence-electron chi connectivity index (χ2n) is 5.94. The predicted molar refractivity (Wildman–Crippen MR) is 75.3 cm³/mol. The highest BCUT2D eigenvalue weighted by Gasteiger charge is 2.57. The van der Waals surface area contributed by atoms with E-state index in [1.165, 1.54) is 4.90 Å². The monoisotopic (exact) mass is 314 g/mol. The van der Waals surface area contributed by atoms with Crippen molar-refractivity contribution >= 4 is 17.6 Å². The molecule has 1 atom stereocenters. The Kier molecular flexibility index (Phi) is 4.81. The van der Waals surface area contributed by atoms with E-state index < -0.39 is 17.1 Å². The topological polar surface area (TPSA) is 134 Å². The number of urea groups is 1. The molecule has 1 saturated carbocycles. The van der Waals surface area contributed by atoms with Gasteiger partial charge in [-0.2, -0.15) is 0 Å². The van der Waals surface area contributed by atoms with Gasteiger partial charge >= 0.3 is 6.03 Å². The van der Waals surface area contributed by atoms with Gasteiger partial charge in [-0.1, -0.05) is 0 Å². The van der Waals surface area contributed by atoms with Crippen molar-refractivity contribution in [1.29, 1.82) is 0 Å². The van der Waals surface area contributed by atoms with E-state index in [9.17, 15) is 14.4 Å². The first-order valence-corrected chi connectivity index (χ1v) is 7.21. The molecule has 1 heterocycles. The normalized spacial score (nSPS) is 23.7. The summed E-state index contributed by atoms with van der Waals surface area (Å²) < 4.78 is 5.29. The lowest BCUT2D eigenvalue weighted by Gasteiger charge is -2.43. The van der Waals surface area contributed by atoms with Crippen LogP contribution in [0.25, 0.3) is 0 Å². The van der Waals surface area contributed by atoms with Gasteiger partial charge in [0.15, 0.2) is 17.1 Å². The molecule has 1 aliphatic carbocycles. The molecule has 5 N–H and O–H groups in total. The zero-order valence-electron chi connectivity index (χ0n) is 12.6. The minimum atomic E-state index is -1.51. The Bertz CT molecular complexity index is 467. The van der Waals surface area contributed by atoms with Gasteiger partial charge in [-0.25, -0.2) is 10.3 Å². The van der Waals surface area contributed by atoms with Crippen LogP contribution in [0.1, 0.15) is 19.8 Å². The summed E-state index contributed by atoms with van der Waals surface area (Å²) in [6, 6.07) is -0.560. The number of morpholine rings is 1. The number of ketones is 2. The first-order valence-electron chi connectivity index (χ1n) is 7.21. The fraction of sp³-hybridized carbons (Fsp3) is 0.769. The second-order valence-corrected chi connectivity index (χ2v) is 5.94. The minimum absolute atomic E-state index is 0.0362. The molecular formula is C13H22N4O5. The maximum absolute atomic E-state index is 12.6. The van der Waals surface area contributed by atoms with E-state index in [4.69, 9.17) is 15.7 Å². The molecule has 0 bridgehead atoms. The molecule has 0 aromatic rings. The summed E-state index contributed by atoms with van der Waals surface area (Å²) in [5, 5.41) is 11.5. The Morgan fingerprint density at radius 3 is 2.64 bits per heavy atom. The van der Waals surface area contributed by atoms with Gasteiger partial charge in [0.25, 0.3) is 0 Å². The summed E-state index contributed by atoms with van der Waals surface area (Å²) in [5.41, 5.74) is 5.19. The molecule has 1 aliphatic heterocycles. The van der Waals surface area contributed by atoms with Crippen LogP contribution in [0.4, 0.5) is 4.79 Å². The highest BCUT2D eigenvalue weighted by atomic mass is 16.5. The third kappa shape index (κ3) is 2.72. The van der Waals surface area contributed by atoms with Crippen molar-refractivity contribution in [1.82, 2.24) is 15.7 Å². The number of carbonyl (C=O) groups excluding carboxylic acids is 3. The zero-order valence-corrected chi connectivity index (χ0v) is 12.6. The number of nitrogens with two attached hydrogens (primary N) is 1. The van der Waals surface area contributed by atoms with E-state index in [0.29, 0.717) is 0 Å². The number of carbonyl (C=O) groups is 3. The molecule has 1 spiro atoms. The van der Waals surface area contributed by atoms with Gasteiger partial charge in [0.1, 0.15) is 0 Å². The van der Waals surface area contributed by atoms with Crippen LogP contribution in [0.5, 0.6) is 0 Å². The molecule has 9 heteroatoms. The SMILES string of the molecule is C[C@@](CN)(CNO)NC(=O)N1CCOCC12C(=O)CCC2=O. The van der Waals surface area contributed by atoms with Crippen molar-refractivity contribution in [2.75, 3.05) is 32.8 Å². The van der Waals surface area contributed by atoms with Gasteiger partial charge in [-0.15, -0.1) is 0 Å². The van der Waals surface area contributed by atoms with Gasteiger partial charge in [0.2, 0.25) is 0 Å². The number of hydroxylamine groups is 1. The number of amides is 2. The van der Waals surface area contributed by atoms with E-state index in [1.807, 2.05) is 5.48 Å². The van der Waals surface area contributed by atoms with E-state index in [1.54, 1.807) is 6.92 Å². The third-order valence-corrected chi connectivity index (χ3v) is 4.31. The molecule has 22 heavy (non-hydrogen) atoms. The van der Waals surface area contributed by atoms with Crippen LogP contribution in [0.2, 0.25) is 0 Å². The average molecular weight is 314 g/mol. The lowest BCUT2D eigenvalue weighted by atomic mass is 9.92. The number of ether oxygens (including phenoxy) is 1. The lowest BCUT2D eigenvalue weighted by molar-refractivity contribution is -0.146. The Hall–Kier alpha value is -1.55. The second kappa shape index (κ2) is 6.29. The summed E-state index contributed by atoms with van der Waals surface area (Å²) in [7, 11) is 0. The number of nitrogens with one attached hydrogen (secondary N) is 2. The van der Waals surface area contributed by atoms with E-state index in [2.05, 4.69) is 5.32 Å².